The van der Waals surface area contributed by atoms with Crippen LogP contribution in [0.1, 0.15) is 28.2 Å². The van der Waals surface area contributed by atoms with Crippen LogP contribution < -0.4 is 0 Å². The Bertz CT molecular complexity index is 508. The highest BCUT2D eigenvalue weighted by molar-refractivity contribution is 6.00. The smallest absolute Gasteiger partial charge is 0.166 e. The molecular weight excluding hydrogens is 228 g/mol. The molecule has 1 aromatic rings. The maximum atomic E-state index is 12.0. The van der Waals surface area contributed by atoms with Crippen molar-refractivity contribution >= 4 is 5.78 Å². The number of aliphatic hydroxyl groups is 2. The molecule has 1 aliphatic rings. The van der Waals surface area contributed by atoms with Crippen molar-refractivity contribution < 1.29 is 15.0 Å². The molecule has 1 aliphatic carbocycles. The Morgan fingerprint density at radius 3 is 2.28 bits per heavy atom. The number of benzene rings is 1. The SMILES string of the molecule is Cc1cc(C)c([C@H]2C(=O)C=C[C@@]2(O)CO)c(C)c1. The maximum absolute atomic E-state index is 12.0. The molecule has 2 atom stereocenters. The quantitative estimate of drug-likeness (QED) is 0.832. The number of hydrogen-bond donors (Lipinski definition) is 2. The summed E-state index contributed by atoms with van der Waals surface area (Å²) in [6.07, 6.45) is 2.76. The summed E-state index contributed by atoms with van der Waals surface area (Å²) in [7, 11) is 0. The van der Waals surface area contributed by atoms with E-state index in [1.807, 2.05) is 32.9 Å². The molecule has 0 saturated heterocycles. The van der Waals surface area contributed by atoms with E-state index < -0.39 is 18.1 Å². The fraction of sp³-hybridized carbons (Fsp3) is 0.400. The zero-order chi connectivity index (χ0) is 13.5. The van der Waals surface area contributed by atoms with Gasteiger partial charge in [-0.3, -0.25) is 4.79 Å². The fourth-order valence-corrected chi connectivity index (χ4v) is 2.85. The van der Waals surface area contributed by atoms with Crippen LogP contribution in [0.4, 0.5) is 0 Å². The Labute approximate surface area is 107 Å². The first-order valence-electron chi connectivity index (χ1n) is 6.03. The minimum atomic E-state index is -1.47. The van der Waals surface area contributed by atoms with E-state index in [0.717, 1.165) is 22.3 Å². The Hall–Kier alpha value is -1.45. The minimum Gasteiger partial charge on any atom is -0.393 e. The molecule has 0 saturated carbocycles. The second-order valence-electron chi connectivity index (χ2n) is 5.13. The molecule has 0 amide bonds. The molecule has 3 nitrogen and oxygen atoms in total. The standard InChI is InChI=1S/C15H18O3/c1-9-6-10(2)13(11(3)7-9)14-12(17)4-5-15(14,18)8-16/h4-7,14,16,18H,8H2,1-3H3/t14-,15-/m1/s1. The predicted octanol–water partition coefficient (Wildman–Crippen LogP) is 1.56. The lowest BCUT2D eigenvalue weighted by Gasteiger charge is -2.29. The Balaban J connectivity index is 2.59. The average Bonchev–Trinajstić information content (AvgIpc) is 2.57. The Morgan fingerprint density at radius 2 is 1.78 bits per heavy atom. The molecule has 0 fully saturated rings. The monoisotopic (exact) mass is 246 g/mol. The van der Waals surface area contributed by atoms with Crippen LogP contribution in [-0.4, -0.2) is 28.2 Å². The van der Waals surface area contributed by atoms with Crippen molar-refractivity contribution in [2.75, 3.05) is 6.61 Å². The lowest BCUT2D eigenvalue weighted by Crippen LogP contribution is -2.38. The van der Waals surface area contributed by atoms with Gasteiger partial charge in [0.15, 0.2) is 5.78 Å². The number of carbonyl (C=O) groups is 1. The van der Waals surface area contributed by atoms with Crippen molar-refractivity contribution in [1.82, 2.24) is 0 Å². The van der Waals surface area contributed by atoms with Crippen LogP contribution in [-0.2, 0) is 4.79 Å². The van der Waals surface area contributed by atoms with E-state index in [2.05, 4.69) is 0 Å². The van der Waals surface area contributed by atoms with Crippen molar-refractivity contribution in [2.45, 2.75) is 32.3 Å². The van der Waals surface area contributed by atoms with Crippen LogP contribution in [0.3, 0.4) is 0 Å². The average molecular weight is 246 g/mol. The van der Waals surface area contributed by atoms with Crippen molar-refractivity contribution in [3.8, 4) is 0 Å². The van der Waals surface area contributed by atoms with Gasteiger partial charge < -0.3 is 10.2 Å². The lowest BCUT2D eigenvalue weighted by atomic mass is 9.79. The molecule has 96 valence electrons. The second kappa shape index (κ2) is 4.34. The summed E-state index contributed by atoms with van der Waals surface area (Å²) < 4.78 is 0. The summed E-state index contributed by atoms with van der Waals surface area (Å²) in [6.45, 7) is 5.40. The zero-order valence-corrected chi connectivity index (χ0v) is 10.9. The van der Waals surface area contributed by atoms with E-state index in [0.29, 0.717) is 0 Å². The van der Waals surface area contributed by atoms with Gasteiger partial charge in [0.25, 0.3) is 0 Å². The first-order chi connectivity index (χ1) is 8.39. The third-order valence-electron chi connectivity index (χ3n) is 3.60. The number of aliphatic hydroxyl groups excluding tert-OH is 1. The third-order valence-corrected chi connectivity index (χ3v) is 3.60. The van der Waals surface area contributed by atoms with Crippen LogP contribution >= 0.6 is 0 Å². The Kier molecular flexibility index (Phi) is 3.13. The molecule has 2 rings (SSSR count). The summed E-state index contributed by atoms with van der Waals surface area (Å²) in [4.78, 5) is 12.0. The predicted molar refractivity (Wildman–Crippen MR) is 69.6 cm³/mol. The largest absolute Gasteiger partial charge is 0.393 e. The van der Waals surface area contributed by atoms with Gasteiger partial charge in [-0.05, 0) is 49.6 Å². The molecule has 0 radical (unpaired) electrons. The van der Waals surface area contributed by atoms with Gasteiger partial charge in [-0.15, -0.1) is 0 Å². The fourth-order valence-electron chi connectivity index (χ4n) is 2.85. The minimum absolute atomic E-state index is 0.151. The highest BCUT2D eigenvalue weighted by Crippen LogP contribution is 2.38. The molecule has 3 heteroatoms. The van der Waals surface area contributed by atoms with Gasteiger partial charge in [-0.25, -0.2) is 0 Å². The maximum Gasteiger partial charge on any atom is 0.166 e. The van der Waals surface area contributed by atoms with Gasteiger partial charge in [0.2, 0.25) is 0 Å². The highest BCUT2D eigenvalue weighted by atomic mass is 16.3. The van der Waals surface area contributed by atoms with Crippen LogP contribution in [0.25, 0.3) is 0 Å². The molecule has 0 aromatic heterocycles. The normalized spacial score (nSPS) is 26.9. The van der Waals surface area contributed by atoms with E-state index in [-0.39, 0.29) is 5.78 Å². The van der Waals surface area contributed by atoms with Crippen LogP contribution in [0.2, 0.25) is 0 Å². The number of hydrogen-bond acceptors (Lipinski definition) is 3. The molecule has 0 aliphatic heterocycles. The first kappa shape index (κ1) is 13.0. The summed E-state index contributed by atoms with van der Waals surface area (Å²) in [6, 6.07) is 3.98. The molecular formula is C15H18O3. The van der Waals surface area contributed by atoms with Crippen molar-refractivity contribution in [3.05, 3.63) is 46.5 Å². The summed E-state index contributed by atoms with van der Waals surface area (Å²) in [5, 5.41) is 19.7. The van der Waals surface area contributed by atoms with Crippen LogP contribution in [0.15, 0.2) is 24.3 Å². The number of rotatable bonds is 2. The molecule has 0 spiro atoms. The van der Waals surface area contributed by atoms with E-state index in [1.165, 1.54) is 12.2 Å². The van der Waals surface area contributed by atoms with E-state index in [4.69, 9.17) is 0 Å². The van der Waals surface area contributed by atoms with Gasteiger partial charge in [-0.2, -0.15) is 0 Å². The van der Waals surface area contributed by atoms with Gasteiger partial charge in [0, 0.05) is 0 Å². The molecule has 18 heavy (non-hydrogen) atoms. The molecule has 0 unspecified atom stereocenters. The first-order valence-corrected chi connectivity index (χ1v) is 6.03. The zero-order valence-electron chi connectivity index (χ0n) is 10.9. The lowest BCUT2D eigenvalue weighted by molar-refractivity contribution is -0.119. The van der Waals surface area contributed by atoms with Crippen LogP contribution in [0, 0.1) is 20.8 Å². The van der Waals surface area contributed by atoms with Gasteiger partial charge in [0.05, 0.1) is 12.5 Å². The van der Waals surface area contributed by atoms with E-state index in [1.54, 1.807) is 0 Å². The van der Waals surface area contributed by atoms with Gasteiger partial charge in [0.1, 0.15) is 5.60 Å². The molecule has 0 heterocycles. The Morgan fingerprint density at radius 1 is 1.22 bits per heavy atom. The highest BCUT2D eigenvalue weighted by Gasteiger charge is 2.44. The van der Waals surface area contributed by atoms with Crippen molar-refractivity contribution in [2.24, 2.45) is 0 Å². The number of allylic oxidation sites excluding steroid dienone is 1. The third kappa shape index (κ3) is 1.89. The molecule has 1 aromatic carbocycles. The second-order valence-corrected chi connectivity index (χ2v) is 5.13. The summed E-state index contributed by atoms with van der Waals surface area (Å²) in [5.74, 6) is -0.843. The topological polar surface area (TPSA) is 57.5 Å². The summed E-state index contributed by atoms with van der Waals surface area (Å²) in [5.41, 5.74) is 2.43. The van der Waals surface area contributed by atoms with Crippen LogP contribution in [0.5, 0.6) is 0 Å². The van der Waals surface area contributed by atoms with E-state index in [9.17, 15) is 15.0 Å². The van der Waals surface area contributed by atoms with Gasteiger partial charge in [-0.1, -0.05) is 17.7 Å². The van der Waals surface area contributed by atoms with Crippen molar-refractivity contribution in [3.63, 3.8) is 0 Å². The van der Waals surface area contributed by atoms with Crippen molar-refractivity contribution in [1.29, 1.82) is 0 Å². The number of carbonyl (C=O) groups excluding carboxylic acids is 1. The number of ketones is 1. The number of aryl methyl sites for hydroxylation is 3. The van der Waals surface area contributed by atoms with Gasteiger partial charge >= 0.3 is 0 Å². The van der Waals surface area contributed by atoms with E-state index >= 15 is 0 Å². The molecule has 2 N–H and O–H groups in total. The summed E-state index contributed by atoms with van der Waals surface area (Å²) >= 11 is 0. The molecule has 0 bridgehead atoms.